The van der Waals surface area contributed by atoms with Crippen LogP contribution in [0.3, 0.4) is 0 Å². The number of hydrogen-bond donors (Lipinski definition) is 0. The largest absolute Gasteiger partial charge is 0.334 e. The van der Waals surface area contributed by atoms with Crippen LogP contribution in [-0.2, 0) is 7.05 Å². The maximum atomic E-state index is 13.1. The van der Waals surface area contributed by atoms with Gasteiger partial charge in [0.25, 0.3) is 0 Å². The molecule has 0 spiro atoms. The normalized spacial score (nSPS) is 11.1. The molecule has 5 aromatic rings. The second-order valence-electron chi connectivity index (χ2n) is 7.43. The van der Waals surface area contributed by atoms with Crippen LogP contribution in [0.2, 0.25) is 0 Å². The smallest absolute Gasteiger partial charge is 0.209 e. The van der Waals surface area contributed by atoms with Crippen LogP contribution in [0.4, 0.5) is 0 Å². The molecule has 0 aliphatic rings. The third kappa shape index (κ3) is 2.70. The van der Waals surface area contributed by atoms with Gasteiger partial charge in [0.1, 0.15) is 0 Å². The molecule has 0 atom stereocenters. The second-order valence-corrected chi connectivity index (χ2v) is 7.43. The maximum Gasteiger partial charge on any atom is 0.209 e. The summed E-state index contributed by atoms with van der Waals surface area (Å²) in [5, 5.41) is 9.14. The van der Waals surface area contributed by atoms with Gasteiger partial charge in [0.2, 0.25) is 5.78 Å². The number of rotatable bonds is 3. The molecule has 0 amide bonds. The Kier molecular flexibility index (Phi) is 4.00. The molecule has 144 valence electrons. The quantitative estimate of drug-likeness (QED) is 0.412. The predicted molar refractivity (Wildman–Crippen MR) is 116 cm³/mol. The molecule has 0 saturated carbocycles. The first-order chi connectivity index (χ1) is 14.6. The molecule has 0 aliphatic carbocycles. The van der Waals surface area contributed by atoms with E-state index in [0.29, 0.717) is 16.8 Å². The summed E-state index contributed by atoms with van der Waals surface area (Å²) in [6.45, 7) is 2.09. The molecular formula is C25H18N4O. The summed E-state index contributed by atoms with van der Waals surface area (Å²) in [7, 11) is 1.99. The highest BCUT2D eigenvalue weighted by atomic mass is 16.1. The van der Waals surface area contributed by atoms with Gasteiger partial charge in [-0.1, -0.05) is 18.2 Å². The van der Waals surface area contributed by atoms with Crippen LogP contribution < -0.4 is 0 Å². The molecule has 0 fully saturated rings. The Hall–Kier alpha value is -4.17. The fourth-order valence-corrected chi connectivity index (χ4v) is 4.00. The van der Waals surface area contributed by atoms with Crippen LogP contribution in [-0.4, -0.2) is 19.7 Å². The van der Waals surface area contributed by atoms with E-state index >= 15 is 0 Å². The van der Waals surface area contributed by atoms with Gasteiger partial charge in [-0.3, -0.25) is 4.79 Å². The molecular weight excluding hydrogens is 372 g/mol. The molecule has 0 saturated heterocycles. The van der Waals surface area contributed by atoms with Crippen molar-refractivity contribution in [1.82, 2.24) is 14.0 Å². The summed E-state index contributed by atoms with van der Waals surface area (Å²) < 4.78 is 3.93. The van der Waals surface area contributed by atoms with Crippen molar-refractivity contribution in [2.24, 2.45) is 7.05 Å². The monoisotopic (exact) mass is 390 g/mol. The fourth-order valence-electron chi connectivity index (χ4n) is 4.00. The lowest BCUT2D eigenvalue weighted by atomic mass is 9.99. The van der Waals surface area contributed by atoms with Gasteiger partial charge in [-0.15, -0.1) is 0 Å². The zero-order valence-electron chi connectivity index (χ0n) is 16.6. The Morgan fingerprint density at radius 1 is 1.00 bits per heavy atom. The third-order valence-corrected chi connectivity index (χ3v) is 5.54. The van der Waals surface area contributed by atoms with Crippen molar-refractivity contribution in [2.45, 2.75) is 6.92 Å². The minimum atomic E-state index is -0.110. The average molecular weight is 390 g/mol. The number of hydrogen-bond acceptors (Lipinski definition) is 3. The van der Waals surface area contributed by atoms with E-state index in [2.05, 4.69) is 36.2 Å². The van der Waals surface area contributed by atoms with Gasteiger partial charge in [-0.25, -0.2) is 4.98 Å². The molecule has 3 heterocycles. The summed E-state index contributed by atoms with van der Waals surface area (Å²) >= 11 is 0. The molecule has 5 heteroatoms. The Morgan fingerprint density at radius 2 is 1.87 bits per heavy atom. The van der Waals surface area contributed by atoms with Crippen molar-refractivity contribution in [3.05, 3.63) is 95.6 Å². The maximum absolute atomic E-state index is 13.1. The molecule has 2 aromatic carbocycles. The number of imidazole rings is 1. The first-order valence-corrected chi connectivity index (χ1v) is 9.64. The second kappa shape index (κ2) is 6.71. The summed E-state index contributed by atoms with van der Waals surface area (Å²) in [4.78, 5) is 17.6. The van der Waals surface area contributed by atoms with Crippen molar-refractivity contribution in [3.63, 3.8) is 0 Å². The van der Waals surface area contributed by atoms with E-state index in [4.69, 9.17) is 5.26 Å². The fraction of sp³-hybridized carbons (Fsp3) is 0.0800. The van der Waals surface area contributed by atoms with Crippen molar-refractivity contribution in [2.75, 3.05) is 0 Å². The van der Waals surface area contributed by atoms with Gasteiger partial charge in [0.05, 0.1) is 40.2 Å². The Bertz CT molecular complexity index is 1500. The van der Waals surface area contributed by atoms with E-state index in [9.17, 15) is 4.79 Å². The van der Waals surface area contributed by atoms with E-state index in [1.165, 1.54) is 0 Å². The van der Waals surface area contributed by atoms with E-state index in [1.807, 2.05) is 46.7 Å². The van der Waals surface area contributed by atoms with Crippen molar-refractivity contribution < 1.29 is 4.79 Å². The first-order valence-electron chi connectivity index (χ1n) is 9.64. The van der Waals surface area contributed by atoms with E-state index in [1.54, 1.807) is 24.3 Å². The lowest BCUT2D eigenvalue weighted by Crippen LogP contribution is -2.05. The van der Waals surface area contributed by atoms with Gasteiger partial charge in [-0.2, -0.15) is 5.26 Å². The van der Waals surface area contributed by atoms with Crippen LogP contribution in [0.15, 0.2) is 73.2 Å². The van der Waals surface area contributed by atoms with Gasteiger partial charge >= 0.3 is 0 Å². The van der Waals surface area contributed by atoms with Gasteiger partial charge < -0.3 is 8.97 Å². The Balaban J connectivity index is 1.67. The highest BCUT2D eigenvalue weighted by Crippen LogP contribution is 2.32. The van der Waals surface area contributed by atoms with Crippen LogP contribution in [0.5, 0.6) is 0 Å². The number of aromatic nitrogens is 3. The third-order valence-electron chi connectivity index (χ3n) is 5.54. The average Bonchev–Trinajstić information content (AvgIpc) is 3.36. The van der Waals surface area contributed by atoms with E-state index < -0.39 is 0 Å². The lowest BCUT2D eigenvalue weighted by Gasteiger charge is -2.10. The number of benzene rings is 2. The number of nitrogens with zero attached hydrogens (tertiary/aromatic N) is 4. The Labute approximate surface area is 173 Å². The zero-order valence-corrected chi connectivity index (χ0v) is 16.6. The molecule has 0 N–H and O–H groups in total. The first kappa shape index (κ1) is 17.9. The number of ketones is 1. The van der Waals surface area contributed by atoms with E-state index in [-0.39, 0.29) is 5.78 Å². The predicted octanol–water partition coefficient (Wildman–Crippen LogP) is 4.90. The molecule has 5 nitrogen and oxygen atoms in total. The number of carbonyl (C=O) groups is 1. The van der Waals surface area contributed by atoms with Gasteiger partial charge in [-0.05, 0) is 60.5 Å². The minimum Gasteiger partial charge on any atom is -0.334 e. The molecule has 30 heavy (non-hydrogen) atoms. The highest BCUT2D eigenvalue weighted by Gasteiger charge is 2.17. The minimum absolute atomic E-state index is 0.110. The summed E-state index contributed by atoms with van der Waals surface area (Å²) in [5.74, 6) is -0.110. The summed E-state index contributed by atoms with van der Waals surface area (Å²) in [6.07, 6.45) is 3.71. The van der Waals surface area contributed by atoms with Gasteiger partial charge in [0.15, 0.2) is 0 Å². The lowest BCUT2D eigenvalue weighted by molar-refractivity contribution is 0.103. The van der Waals surface area contributed by atoms with Crippen LogP contribution >= 0.6 is 0 Å². The van der Waals surface area contributed by atoms with Crippen molar-refractivity contribution in [1.29, 1.82) is 5.26 Å². The highest BCUT2D eigenvalue weighted by molar-refractivity contribution is 6.09. The molecule has 0 radical (unpaired) electrons. The zero-order chi connectivity index (χ0) is 20.8. The standard InChI is InChI=1S/C25H18N4O/c1-16-11-24-21(27-15-28(24)2)13-20(16)19-7-4-10-29-22(19)8-9-23(29)25(30)18-6-3-5-17(12-18)14-26/h3-13,15H,1-2H3. The van der Waals surface area contributed by atoms with Crippen molar-refractivity contribution >= 4 is 22.3 Å². The molecule has 0 unspecified atom stereocenters. The molecule has 3 aromatic heterocycles. The molecule has 5 rings (SSSR count). The molecule has 0 bridgehead atoms. The number of nitriles is 1. The number of fused-ring (bicyclic) bond motifs is 2. The molecule has 0 aliphatic heterocycles. The van der Waals surface area contributed by atoms with Crippen LogP contribution in [0, 0.1) is 18.3 Å². The number of carbonyl (C=O) groups excluding carboxylic acids is 1. The van der Waals surface area contributed by atoms with Crippen LogP contribution in [0.1, 0.15) is 27.2 Å². The Morgan fingerprint density at radius 3 is 2.70 bits per heavy atom. The van der Waals surface area contributed by atoms with Gasteiger partial charge in [0, 0.05) is 24.4 Å². The number of pyridine rings is 1. The number of aryl methyl sites for hydroxylation is 2. The summed E-state index contributed by atoms with van der Waals surface area (Å²) in [6, 6.07) is 21.0. The van der Waals surface area contributed by atoms with Crippen molar-refractivity contribution in [3.8, 4) is 17.2 Å². The SMILES string of the molecule is Cc1cc2c(cc1-c1cccn3c(C(=O)c4cccc(C#N)c4)ccc13)ncn2C. The van der Waals surface area contributed by atoms with Crippen LogP contribution in [0.25, 0.3) is 27.7 Å². The van der Waals surface area contributed by atoms with E-state index in [0.717, 1.165) is 33.2 Å². The summed E-state index contributed by atoms with van der Waals surface area (Å²) in [5.41, 5.74) is 7.82. The topological polar surface area (TPSA) is 63.1 Å².